The van der Waals surface area contributed by atoms with Crippen molar-refractivity contribution in [3.05, 3.63) is 74.8 Å². The van der Waals surface area contributed by atoms with Gasteiger partial charge < -0.3 is 20.2 Å². The van der Waals surface area contributed by atoms with Crippen LogP contribution in [0.25, 0.3) is 35.2 Å². The second-order valence-electron chi connectivity index (χ2n) is 7.01. The molecule has 0 saturated carbocycles. The van der Waals surface area contributed by atoms with Crippen molar-refractivity contribution in [3.8, 4) is 34.7 Å². The molecule has 150 valence electrons. The molecule has 0 radical (unpaired) electrons. The third kappa shape index (κ3) is 3.11. The molecule has 2 aliphatic rings. The number of anilines is 1. The van der Waals surface area contributed by atoms with Gasteiger partial charge in [-0.25, -0.2) is 4.79 Å². The number of nitrogens with zero attached hydrogens (tertiary/aromatic N) is 2. The van der Waals surface area contributed by atoms with E-state index in [0.717, 1.165) is 0 Å². The summed E-state index contributed by atoms with van der Waals surface area (Å²) in [6.45, 7) is 5.81. The zero-order valence-electron chi connectivity index (χ0n) is 16.5. The summed E-state index contributed by atoms with van der Waals surface area (Å²) in [6.07, 6.45) is 1.74. The lowest BCUT2D eigenvalue weighted by atomic mass is 10.0. The Balaban J connectivity index is 1.93. The highest BCUT2D eigenvalue weighted by Crippen LogP contribution is 2.29. The van der Waals surface area contributed by atoms with Crippen molar-refractivity contribution in [1.29, 1.82) is 10.5 Å². The van der Waals surface area contributed by atoms with Crippen LogP contribution in [0.15, 0.2) is 40.8 Å². The molecular formula is C24H16N4O3. The Hall–Kier alpha value is -4.75. The third-order valence-corrected chi connectivity index (χ3v) is 5.21. The summed E-state index contributed by atoms with van der Waals surface area (Å²) in [5.74, 6) is 0.168. The van der Waals surface area contributed by atoms with E-state index in [4.69, 9.17) is 10.2 Å². The second kappa shape index (κ2) is 7.25. The largest absolute Gasteiger partial charge is 0.478 e. The molecule has 0 spiro atoms. The van der Waals surface area contributed by atoms with Gasteiger partial charge in [0, 0.05) is 11.1 Å². The van der Waals surface area contributed by atoms with E-state index in [1.165, 1.54) is 12.1 Å². The first-order valence-corrected chi connectivity index (χ1v) is 9.23. The fraction of sp³-hybridized carbons (Fsp3) is 0.0417. The molecule has 2 heterocycles. The van der Waals surface area contributed by atoms with E-state index in [-0.39, 0.29) is 11.4 Å². The van der Waals surface area contributed by atoms with Crippen molar-refractivity contribution >= 4 is 24.4 Å². The quantitative estimate of drug-likeness (QED) is 0.476. The molecule has 1 aliphatic carbocycles. The summed E-state index contributed by atoms with van der Waals surface area (Å²) in [4.78, 5) is 14.2. The van der Waals surface area contributed by atoms with Crippen LogP contribution in [-0.2, 0) is 0 Å². The fourth-order valence-electron chi connectivity index (χ4n) is 3.69. The highest BCUT2D eigenvalue weighted by Gasteiger charge is 2.21. The first-order valence-electron chi connectivity index (χ1n) is 9.23. The summed E-state index contributed by atoms with van der Waals surface area (Å²) in [5, 5.41) is 29.4. The molecule has 4 N–H and O–H groups in total. The number of nitriles is 2. The number of hydrogen-bond acceptors (Lipinski definition) is 5. The standard InChI is InChI=1S/C24H16N4O3/c1-12-17(21-13(2)19(11-26)23(27)28-22(21)18(12)10-25)9-16-6-7-20(31-16)14-4-3-5-15(8-14)24(29)30/h3-9,28H,1,27H2,2H3,(H,29,30)/b17-9+. The number of carboxylic acids is 1. The molecular weight excluding hydrogens is 392 g/mol. The Bertz CT molecular complexity index is 1530. The van der Waals surface area contributed by atoms with E-state index in [9.17, 15) is 20.4 Å². The fourth-order valence-corrected chi connectivity index (χ4v) is 3.69. The highest BCUT2D eigenvalue weighted by molar-refractivity contribution is 5.89. The summed E-state index contributed by atoms with van der Waals surface area (Å²) < 4.78 is 5.92. The van der Waals surface area contributed by atoms with Crippen molar-refractivity contribution in [2.24, 2.45) is 0 Å². The number of carboxylic acid groups (broad SMARTS) is 1. The SMILES string of the molecule is C=c1c(C#N)c2[nH]c(N)c(C#N)c(C)c-2/c1=C/c1ccc(-c2cccc(C(=O)O)c2)o1. The Morgan fingerprint density at radius 1 is 1.23 bits per heavy atom. The maximum absolute atomic E-state index is 11.2. The van der Waals surface area contributed by atoms with Gasteiger partial charge in [0.2, 0.25) is 0 Å². The van der Waals surface area contributed by atoms with E-state index >= 15 is 0 Å². The number of aromatic nitrogens is 1. The number of fused-ring (bicyclic) bond motifs is 1. The first-order chi connectivity index (χ1) is 14.8. The average molecular weight is 408 g/mol. The number of nitrogen functional groups attached to an aromatic ring is 1. The molecule has 1 aliphatic heterocycles. The Kier molecular flexibility index (Phi) is 4.58. The highest BCUT2D eigenvalue weighted by atomic mass is 16.4. The van der Waals surface area contributed by atoms with Crippen molar-refractivity contribution < 1.29 is 14.3 Å². The molecule has 0 atom stereocenters. The maximum Gasteiger partial charge on any atom is 0.335 e. The van der Waals surface area contributed by atoms with E-state index in [2.05, 4.69) is 23.7 Å². The molecule has 1 aromatic heterocycles. The number of furan rings is 1. The normalized spacial score (nSPS) is 11.4. The number of hydrogen-bond donors (Lipinski definition) is 3. The van der Waals surface area contributed by atoms with Crippen LogP contribution >= 0.6 is 0 Å². The third-order valence-electron chi connectivity index (χ3n) is 5.21. The van der Waals surface area contributed by atoms with E-state index in [0.29, 0.717) is 55.5 Å². The minimum Gasteiger partial charge on any atom is -0.478 e. The minimum absolute atomic E-state index is 0.160. The molecule has 7 nitrogen and oxygen atoms in total. The van der Waals surface area contributed by atoms with Crippen LogP contribution in [0.2, 0.25) is 0 Å². The number of rotatable bonds is 3. The van der Waals surface area contributed by atoms with Gasteiger partial charge in [-0.1, -0.05) is 18.7 Å². The average Bonchev–Trinajstić information content (AvgIpc) is 3.31. The summed E-state index contributed by atoms with van der Waals surface area (Å²) >= 11 is 0. The van der Waals surface area contributed by atoms with E-state index in [1.807, 2.05) is 0 Å². The number of nitrogens with two attached hydrogens (primary N) is 1. The van der Waals surface area contributed by atoms with Gasteiger partial charge in [-0.2, -0.15) is 10.5 Å². The van der Waals surface area contributed by atoms with Gasteiger partial charge in [0.25, 0.3) is 0 Å². The van der Waals surface area contributed by atoms with Crippen LogP contribution in [0.3, 0.4) is 0 Å². The van der Waals surface area contributed by atoms with Crippen molar-refractivity contribution in [2.75, 3.05) is 5.73 Å². The lowest BCUT2D eigenvalue weighted by molar-refractivity contribution is 0.0697. The van der Waals surface area contributed by atoms with Crippen LogP contribution in [0.5, 0.6) is 0 Å². The lowest BCUT2D eigenvalue weighted by Crippen LogP contribution is -2.21. The summed E-state index contributed by atoms with van der Waals surface area (Å²) in [5.41, 5.74) is 9.25. The van der Waals surface area contributed by atoms with E-state index in [1.54, 1.807) is 37.3 Å². The van der Waals surface area contributed by atoms with Gasteiger partial charge in [0.1, 0.15) is 29.5 Å². The number of aromatic amines is 1. The van der Waals surface area contributed by atoms with E-state index < -0.39 is 5.97 Å². The van der Waals surface area contributed by atoms with Gasteiger partial charge in [-0.15, -0.1) is 0 Å². The minimum atomic E-state index is -1.02. The Morgan fingerprint density at radius 2 is 1.97 bits per heavy atom. The topological polar surface area (TPSA) is 140 Å². The number of aromatic carboxylic acids is 1. The van der Waals surface area contributed by atoms with Crippen molar-refractivity contribution in [3.63, 3.8) is 0 Å². The van der Waals surface area contributed by atoms with Crippen LogP contribution < -0.4 is 16.2 Å². The Morgan fingerprint density at radius 3 is 2.65 bits per heavy atom. The predicted molar refractivity (Wildman–Crippen MR) is 115 cm³/mol. The molecule has 0 fully saturated rings. The molecule has 7 heteroatoms. The van der Waals surface area contributed by atoms with Crippen LogP contribution in [-0.4, -0.2) is 16.1 Å². The van der Waals surface area contributed by atoms with Gasteiger partial charge in [-0.05, 0) is 53.3 Å². The number of pyridine rings is 1. The monoisotopic (exact) mass is 408 g/mol. The zero-order chi connectivity index (χ0) is 22.3. The molecule has 1 aromatic carbocycles. The van der Waals surface area contributed by atoms with Gasteiger partial charge >= 0.3 is 5.97 Å². The first kappa shape index (κ1) is 19.6. The van der Waals surface area contributed by atoms with Gasteiger partial charge in [0.05, 0.1) is 22.4 Å². The summed E-state index contributed by atoms with van der Waals surface area (Å²) in [6, 6.07) is 14.2. The molecule has 0 amide bonds. The van der Waals surface area contributed by atoms with Gasteiger partial charge in [0.15, 0.2) is 0 Å². The number of carbonyl (C=O) groups is 1. The smallest absolute Gasteiger partial charge is 0.335 e. The number of nitrogens with one attached hydrogen (secondary N) is 1. The molecule has 0 saturated heterocycles. The molecule has 2 aromatic rings. The molecule has 0 bridgehead atoms. The van der Waals surface area contributed by atoms with Crippen LogP contribution in [0, 0.1) is 29.6 Å². The van der Waals surface area contributed by atoms with Crippen LogP contribution in [0.4, 0.5) is 5.82 Å². The molecule has 0 unspecified atom stereocenters. The van der Waals surface area contributed by atoms with Crippen molar-refractivity contribution in [2.45, 2.75) is 6.92 Å². The van der Waals surface area contributed by atoms with Crippen molar-refractivity contribution in [1.82, 2.24) is 4.98 Å². The Labute approximate surface area is 176 Å². The molecule has 4 rings (SSSR count). The lowest BCUT2D eigenvalue weighted by Gasteiger charge is -2.10. The summed E-state index contributed by atoms with van der Waals surface area (Å²) in [7, 11) is 0. The molecule has 31 heavy (non-hydrogen) atoms. The van der Waals surface area contributed by atoms with Crippen LogP contribution in [0.1, 0.15) is 32.8 Å². The number of benzene rings is 1. The van der Waals surface area contributed by atoms with Gasteiger partial charge in [-0.3, -0.25) is 0 Å². The zero-order valence-corrected chi connectivity index (χ0v) is 16.5. The maximum atomic E-state index is 11.2. The predicted octanol–water partition coefficient (Wildman–Crippen LogP) is 2.95. The number of H-pyrrole nitrogens is 1. The second-order valence-corrected chi connectivity index (χ2v) is 7.01.